The minimum Gasteiger partial charge on any atom is -0.492 e. The Morgan fingerprint density at radius 3 is 2.62 bits per heavy atom. The Labute approximate surface area is 195 Å². The molecule has 3 heterocycles. The molecule has 34 heavy (non-hydrogen) atoms. The minimum absolute atomic E-state index is 0.0291. The van der Waals surface area contributed by atoms with E-state index in [1.54, 1.807) is 11.9 Å². The number of amides is 1. The molecule has 0 N–H and O–H groups in total. The van der Waals surface area contributed by atoms with Crippen LogP contribution in [0.4, 0.5) is 8.78 Å². The van der Waals surface area contributed by atoms with Gasteiger partial charge in [0.1, 0.15) is 22.9 Å². The SMILES string of the molecule is COC(=O)c1c(OCC2CC(=O)N(C)C2)cc(=O)n2c1CCN(Cc1ccc(F)cc1F)CC2. The summed E-state index contributed by atoms with van der Waals surface area (Å²) in [6, 6.07) is 4.75. The van der Waals surface area contributed by atoms with Crippen molar-refractivity contribution in [1.82, 2.24) is 14.4 Å². The fourth-order valence-corrected chi connectivity index (χ4v) is 4.55. The van der Waals surface area contributed by atoms with Crippen molar-refractivity contribution in [2.24, 2.45) is 5.92 Å². The van der Waals surface area contributed by atoms with Crippen LogP contribution in [0.3, 0.4) is 0 Å². The van der Waals surface area contributed by atoms with Gasteiger partial charge in [0.2, 0.25) is 5.91 Å². The lowest BCUT2D eigenvalue weighted by atomic mass is 10.1. The summed E-state index contributed by atoms with van der Waals surface area (Å²) in [5.74, 6) is -1.74. The maximum atomic E-state index is 14.1. The van der Waals surface area contributed by atoms with E-state index in [1.807, 2.05) is 4.90 Å². The van der Waals surface area contributed by atoms with Crippen LogP contribution >= 0.6 is 0 Å². The first kappa shape index (κ1) is 23.9. The zero-order valence-electron chi connectivity index (χ0n) is 19.2. The number of carbonyl (C=O) groups is 2. The summed E-state index contributed by atoms with van der Waals surface area (Å²) in [5, 5.41) is 0. The summed E-state index contributed by atoms with van der Waals surface area (Å²) in [6.07, 6.45) is 0.688. The fourth-order valence-electron chi connectivity index (χ4n) is 4.55. The topological polar surface area (TPSA) is 81.1 Å². The predicted molar refractivity (Wildman–Crippen MR) is 119 cm³/mol. The molecule has 2 aliphatic heterocycles. The van der Waals surface area contributed by atoms with Crippen molar-refractivity contribution in [3.05, 3.63) is 63.1 Å². The van der Waals surface area contributed by atoms with Crippen LogP contribution in [0, 0.1) is 17.6 Å². The molecule has 1 amide bonds. The number of aromatic nitrogens is 1. The molecule has 1 fully saturated rings. The average Bonchev–Trinajstić information content (AvgIpc) is 2.99. The Bertz CT molecular complexity index is 1170. The highest BCUT2D eigenvalue weighted by atomic mass is 19.1. The second-order valence-electron chi connectivity index (χ2n) is 8.73. The van der Waals surface area contributed by atoms with Gasteiger partial charge < -0.3 is 18.9 Å². The van der Waals surface area contributed by atoms with Crippen molar-refractivity contribution in [1.29, 1.82) is 0 Å². The van der Waals surface area contributed by atoms with E-state index in [1.165, 1.54) is 29.9 Å². The lowest BCUT2D eigenvalue weighted by molar-refractivity contribution is -0.126. The minimum atomic E-state index is -0.639. The van der Waals surface area contributed by atoms with E-state index in [0.29, 0.717) is 50.3 Å². The van der Waals surface area contributed by atoms with Crippen LogP contribution in [0.25, 0.3) is 0 Å². The van der Waals surface area contributed by atoms with Crippen LogP contribution in [0.15, 0.2) is 29.1 Å². The summed E-state index contributed by atoms with van der Waals surface area (Å²) in [5.41, 5.74) is 0.728. The zero-order valence-corrected chi connectivity index (χ0v) is 19.2. The maximum Gasteiger partial charge on any atom is 0.343 e. The number of methoxy groups -OCH3 is 1. The molecule has 0 saturated carbocycles. The molecule has 1 saturated heterocycles. The number of rotatable bonds is 6. The van der Waals surface area contributed by atoms with Crippen molar-refractivity contribution < 1.29 is 27.8 Å². The first-order valence-corrected chi connectivity index (χ1v) is 11.1. The predicted octanol–water partition coefficient (Wildman–Crippen LogP) is 1.83. The van der Waals surface area contributed by atoms with Gasteiger partial charge in [-0.3, -0.25) is 14.5 Å². The van der Waals surface area contributed by atoms with Crippen LogP contribution < -0.4 is 10.3 Å². The number of esters is 1. The van der Waals surface area contributed by atoms with Crippen LogP contribution in [0.1, 0.15) is 28.0 Å². The molecular weight excluding hydrogens is 448 g/mol. The average molecular weight is 475 g/mol. The normalized spacial score (nSPS) is 18.5. The first-order chi connectivity index (χ1) is 16.3. The Kier molecular flexibility index (Phi) is 6.97. The van der Waals surface area contributed by atoms with Crippen molar-refractivity contribution in [2.75, 3.05) is 40.4 Å². The van der Waals surface area contributed by atoms with E-state index in [4.69, 9.17) is 9.47 Å². The van der Waals surface area contributed by atoms with Gasteiger partial charge in [-0.05, 0) is 6.07 Å². The zero-order chi connectivity index (χ0) is 24.4. The van der Waals surface area contributed by atoms with E-state index in [2.05, 4.69) is 0 Å². The van der Waals surface area contributed by atoms with Gasteiger partial charge in [0.15, 0.2) is 0 Å². The summed E-state index contributed by atoms with van der Waals surface area (Å²) in [6.45, 7) is 2.18. The monoisotopic (exact) mass is 475 g/mol. The Morgan fingerprint density at radius 2 is 1.94 bits per heavy atom. The highest BCUT2D eigenvalue weighted by molar-refractivity contribution is 5.93. The van der Waals surface area contributed by atoms with Gasteiger partial charge in [-0.15, -0.1) is 0 Å². The molecule has 2 aliphatic rings. The number of benzene rings is 1. The summed E-state index contributed by atoms with van der Waals surface area (Å²) in [7, 11) is 2.99. The van der Waals surface area contributed by atoms with Gasteiger partial charge in [-0.1, -0.05) is 6.07 Å². The highest BCUT2D eigenvalue weighted by Gasteiger charge is 2.30. The van der Waals surface area contributed by atoms with Gasteiger partial charge in [0, 0.05) is 81.9 Å². The summed E-state index contributed by atoms with van der Waals surface area (Å²) < 4.78 is 39.8. The Balaban J connectivity index is 1.57. The number of halogens is 2. The second-order valence-corrected chi connectivity index (χ2v) is 8.73. The van der Waals surface area contributed by atoms with Crippen molar-refractivity contribution in [3.63, 3.8) is 0 Å². The largest absolute Gasteiger partial charge is 0.492 e. The van der Waals surface area contributed by atoms with Gasteiger partial charge in [0.05, 0.1) is 13.7 Å². The van der Waals surface area contributed by atoms with Gasteiger partial charge in [-0.2, -0.15) is 0 Å². The molecule has 2 aromatic rings. The van der Waals surface area contributed by atoms with E-state index in [-0.39, 0.29) is 41.8 Å². The first-order valence-electron chi connectivity index (χ1n) is 11.1. The number of hydrogen-bond acceptors (Lipinski definition) is 6. The van der Waals surface area contributed by atoms with E-state index < -0.39 is 17.6 Å². The Morgan fingerprint density at radius 1 is 1.15 bits per heavy atom. The quantitative estimate of drug-likeness (QED) is 0.593. The Hall–Kier alpha value is -3.27. The molecule has 0 radical (unpaired) electrons. The third kappa shape index (κ3) is 4.96. The molecule has 8 nitrogen and oxygen atoms in total. The van der Waals surface area contributed by atoms with Gasteiger partial charge >= 0.3 is 5.97 Å². The molecule has 1 atom stereocenters. The molecule has 0 aliphatic carbocycles. The number of fused-ring (bicyclic) bond motifs is 1. The third-order valence-corrected chi connectivity index (χ3v) is 6.38. The fraction of sp³-hybridized carbons (Fsp3) is 0.458. The second kappa shape index (κ2) is 9.92. The number of hydrogen-bond donors (Lipinski definition) is 0. The van der Waals surface area contributed by atoms with E-state index >= 15 is 0 Å². The molecule has 0 bridgehead atoms. The smallest absolute Gasteiger partial charge is 0.343 e. The highest BCUT2D eigenvalue weighted by Crippen LogP contribution is 2.26. The van der Waals surface area contributed by atoms with Crippen molar-refractivity contribution >= 4 is 11.9 Å². The van der Waals surface area contributed by atoms with Crippen LogP contribution in [0.2, 0.25) is 0 Å². The lowest BCUT2D eigenvalue weighted by Gasteiger charge is -2.19. The molecule has 10 heteroatoms. The number of ether oxygens (including phenoxy) is 2. The maximum absolute atomic E-state index is 14.1. The molecule has 1 aromatic heterocycles. The van der Waals surface area contributed by atoms with E-state index in [0.717, 1.165) is 6.07 Å². The van der Waals surface area contributed by atoms with Gasteiger partial charge in [0.25, 0.3) is 5.56 Å². The molecular formula is C24H27F2N3O5. The molecule has 182 valence electrons. The van der Waals surface area contributed by atoms with Crippen molar-refractivity contribution in [3.8, 4) is 5.75 Å². The number of nitrogens with zero attached hydrogens (tertiary/aromatic N) is 3. The molecule has 1 unspecified atom stereocenters. The molecule has 0 spiro atoms. The van der Waals surface area contributed by atoms with Crippen LogP contribution in [0.5, 0.6) is 5.75 Å². The lowest BCUT2D eigenvalue weighted by Crippen LogP contribution is -2.29. The number of pyridine rings is 1. The van der Waals surface area contributed by atoms with Gasteiger partial charge in [-0.25, -0.2) is 13.6 Å². The number of carbonyl (C=O) groups excluding carboxylic acids is 2. The standard InChI is InChI=1S/C24H27F2N3O5/c1-27-12-15(9-21(27)30)14-34-20-11-22(31)29-8-7-28(6-5-19(29)23(20)24(32)33-2)13-16-3-4-17(25)10-18(16)26/h3-4,10-11,15H,5-9,12-14H2,1-2H3. The van der Waals surface area contributed by atoms with Crippen LogP contribution in [-0.4, -0.2) is 66.6 Å². The summed E-state index contributed by atoms with van der Waals surface area (Å²) >= 11 is 0. The summed E-state index contributed by atoms with van der Waals surface area (Å²) in [4.78, 5) is 41.0. The van der Waals surface area contributed by atoms with E-state index in [9.17, 15) is 23.2 Å². The number of likely N-dealkylation sites (tertiary alicyclic amines) is 1. The molecule has 4 rings (SSSR count). The van der Waals surface area contributed by atoms with Crippen molar-refractivity contribution in [2.45, 2.75) is 25.9 Å². The third-order valence-electron chi connectivity index (χ3n) is 6.38. The van der Waals surface area contributed by atoms with Crippen LogP contribution in [-0.2, 0) is 29.0 Å². The molecule has 1 aromatic carbocycles.